The summed E-state index contributed by atoms with van der Waals surface area (Å²) in [6.07, 6.45) is 1.75. The van der Waals surface area contributed by atoms with E-state index in [1.165, 1.54) is 15.9 Å². The first kappa shape index (κ1) is 31.6. The summed E-state index contributed by atoms with van der Waals surface area (Å²) in [4.78, 5) is 15.9. The van der Waals surface area contributed by atoms with Gasteiger partial charge in [0.2, 0.25) is 0 Å². The Morgan fingerprint density at radius 2 is 1.20 bits per heavy atom. The molecular formula is C34H48N2O3P2. The third kappa shape index (κ3) is 7.20. The van der Waals surface area contributed by atoms with Crippen molar-refractivity contribution in [2.24, 2.45) is 10.8 Å². The van der Waals surface area contributed by atoms with Crippen LogP contribution in [0.25, 0.3) is 0 Å². The second-order valence-electron chi connectivity index (χ2n) is 12.9. The molecule has 0 aromatic heterocycles. The molecule has 1 aliphatic rings. The minimum absolute atomic E-state index is 0.122. The van der Waals surface area contributed by atoms with Gasteiger partial charge in [0.25, 0.3) is 0 Å². The van der Waals surface area contributed by atoms with Crippen molar-refractivity contribution in [2.45, 2.75) is 41.0 Å². The molecule has 0 bridgehead atoms. The number of carbonyl (C=O) groups excluding carboxylic acids is 1. The Bertz CT molecular complexity index is 1230. The summed E-state index contributed by atoms with van der Waals surface area (Å²) in [7, 11) is -5.26. The first-order valence-electron chi connectivity index (χ1n) is 14.8. The van der Waals surface area contributed by atoms with Crippen LogP contribution in [0.4, 0.5) is 0 Å². The number of benzene rings is 3. The van der Waals surface area contributed by atoms with E-state index in [4.69, 9.17) is 4.52 Å². The molecule has 1 aliphatic heterocycles. The number of rotatable bonds is 11. The van der Waals surface area contributed by atoms with E-state index in [9.17, 15) is 9.36 Å². The van der Waals surface area contributed by atoms with Gasteiger partial charge in [0.05, 0.1) is 0 Å². The topological polar surface area (TPSA) is 49.9 Å². The predicted octanol–water partition coefficient (Wildman–Crippen LogP) is 6.16. The third-order valence-corrected chi connectivity index (χ3v) is 16.1. The summed E-state index contributed by atoms with van der Waals surface area (Å²) >= 11 is 0. The van der Waals surface area contributed by atoms with Crippen LogP contribution in [0.2, 0.25) is 0 Å². The van der Waals surface area contributed by atoms with E-state index in [1.807, 2.05) is 16.5 Å². The molecule has 222 valence electrons. The van der Waals surface area contributed by atoms with Crippen molar-refractivity contribution in [3.8, 4) is 0 Å². The SMILES string of the molecule is CCOP(C)(=O)N1CCN(C(=O)C(C)(C)CC(C)(C)C[PH](c2ccccc2)(c2ccccc2)c2ccccc2)CC1. The summed E-state index contributed by atoms with van der Waals surface area (Å²) in [6, 6.07) is 33.0. The first-order chi connectivity index (χ1) is 19.4. The second-order valence-corrected chi connectivity index (χ2v) is 19.2. The molecule has 0 spiro atoms. The second kappa shape index (κ2) is 12.9. The van der Waals surface area contributed by atoms with Crippen molar-refractivity contribution in [3.63, 3.8) is 0 Å². The van der Waals surface area contributed by atoms with E-state index in [-0.39, 0.29) is 11.3 Å². The molecule has 0 radical (unpaired) electrons. The minimum atomic E-state index is -2.81. The van der Waals surface area contributed by atoms with Crippen LogP contribution in [0.1, 0.15) is 41.0 Å². The van der Waals surface area contributed by atoms with Crippen LogP contribution < -0.4 is 15.9 Å². The fraction of sp³-hybridized carbons (Fsp3) is 0.441. The molecule has 41 heavy (non-hydrogen) atoms. The molecule has 1 amide bonds. The number of amides is 1. The van der Waals surface area contributed by atoms with Crippen LogP contribution in [-0.4, -0.2) is 61.1 Å². The fourth-order valence-corrected chi connectivity index (χ4v) is 14.0. The average molecular weight is 595 g/mol. The van der Waals surface area contributed by atoms with E-state index in [0.29, 0.717) is 32.8 Å². The molecule has 4 rings (SSSR count). The molecular weight excluding hydrogens is 546 g/mol. The maximum absolute atomic E-state index is 14.0. The summed E-state index contributed by atoms with van der Waals surface area (Å²) in [6.45, 7) is 15.2. The van der Waals surface area contributed by atoms with E-state index in [2.05, 4.69) is 119 Å². The molecule has 3 aromatic rings. The van der Waals surface area contributed by atoms with Crippen molar-refractivity contribution in [2.75, 3.05) is 45.6 Å². The Balaban J connectivity index is 1.62. The molecule has 1 unspecified atom stereocenters. The summed E-state index contributed by atoms with van der Waals surface area (Å²) in [5.41, 5.74) is -0.658. The number of nitrogens with zero attached hydrogens (tertiary/aromatic N) is 2. The normalized spacial score (nSPS) is 17.2. The van der Waals surface area contributed by atoms with Crippen molar-refractivity contribution in [1.82, 2.24) is 9.57 Å². The number of carbonyl (C=O) groups is 1. The van der Waals surface area contributed by atoms with E-state index in [1.54, 1.807) is 6.66 Å². The van der Waals surface area contributed by atoms with Crippen LogP contribution in [0.3, 0.4) is 0 Å². The zero-order valence-electron chi connectivity index (χ0n) is 25.7. The van der Waals surface area contributed by atoms with Gasteiger partial charge in [0, 0.05) is 0 Å². The number of piperazine rings is 1. The molecule has 1 heterocycles. The molecule has 1 fully saturated rings. The van der Waals surface area contributed by atoms with Crippen LogP contribution in [0, 0.1) is 10.8 Å². The van der Waals surface area contributed by atoms with Gasteiger partial charge >= 0.3 is 242 Å². The number of hydrogen-bond donors (Lipinski definition) is 0. The van der Waals surface area contributed by atoms with Gasteiger partial charge in [-0.2, -0.15) is 0 Å². The van der Waals surface area contributed by atoms with Gasteiger partial charge in [0.1, 0.15) is 0 Å². The molecule has 0 N–H and O–H groups in total. The van der Waals surface area contributed by atoms with Crippen molar-refractivity contribution in [1.29, 1.82) is 0 Å². The Morgan fingerprint density at radius 3 is 1.59 bits per heavy atom. The van der Waals surface area contributed by atoms with Crippen molar-refractivity contribution >= 4 is 36.6 Å². The van der Waals surface area contributed by atoms with E-state index in [0.717, 1.165) is 12.6 Å². The van der Waals surface area contributed by atoms with Gasteiger partial charge < -0.3 is 0 Å². The van der Waals surface area contributed by atoms with Gasteiger partial charge in [0.15, 0.2) is 0 Å². The van der Waals surface area contributed by atoms with Gasteiger partial charge in [-0.1, -0.05) is 0 Å². The van der Waals surface area contributed by atoms with Crippen LogP contribution in [-0.2, 0) is 13.9 Å². The van der Waals surface area contributed by atoms with Crippen molar-refractivity contribution < 1.29 is 13.9 Å². The average Bonchev–Trinajstić information content (AvgIpc) is 2.96. The van der Waals surface area contributed by atoms with Gasteiger partial charge in [-0.25, -0.2) is 0 Å². The molecule has 5 nitrogen and oxygen atoms in total. The molecule has 0 aliphatic carbocycles. The zero-order valence-corrected chi connectivity index (χ0v) is 27.6. The summed E-state index contributed by atoms with van der Waals surface area (Å²) in [5, 5.41) is 4.18. The van der Waals surface area contributed by atoms with Crippen LogP contribution in [0.5, 0.6) is 0 Å². The van der Waals surface area contributed by atoms with Gasteiger partial charge in [-0.3, -0.25) is 0 Å². The Hall–Kier alpha value is -2.29. The van der Waals surface area contributed by atoms with Crippen LogP contribution in [0.15, 0.2) is 91.0 Å². The Labute approximate surface area is 248 Å². The maximum atomic E-state index is 14.0. The predicted molar refractivity (Wildman–Crippen MR) is 177 cm³/mol. The molecule has 1 saturated heterocycles. The first-order valence-corrected chi connectivity index (χ1v) is 19.1. The summed E-state index contributed by atoms with van der Waals surface area (Å²) in [5.74, 6) is 0.180. The Kier molecular flexibility index (Phi) is 9.97. The molecule has 3 aromatic carbocycles. The standard InChI is InChI=1S/C34H48N2O3P2/c1-7-39-40(6,38)36-25-23-35(24-26-36)32(37)34(4,5)27-33(2,3)28-41(29-17-11-8-12-18-29,30-19-13-9-14-20-30)31-21-15-10-16-22-31/h8-22,41H,7,23-28H2,1-6H3. The van der Waals surface area contributed by atoms with Crippen LogP contribution >= 0.6 is 14.8 Å². The van der Waals surface area contributed by atoms with E-state index >= 15 is 0 Å². The van der Waals surface area contributed by atoms with Crippen molar-refractivity contribution in [3.05, 3.63) is 91.0 Å². The fourth-order valence-electron chi connectivity index (χ4n) is 7.04. The zero-order chi connectivity index (χ0) is 29.7. The number of hydrogen-bond acceptors (Lipinski definition) is 3. The molecule has 1 atom stereocenters. The summed E-state index contributed by atoms with van der Waals surface area (Å²) < 4.78 is 20.4. The molecule has 0 saturated carbocycles. The van der Waals surface area contributed by atoms with Gasteiger partial charge in [-0.15, -0.1) is 0 Å². The Morgan fingerprint density at radius 1 is 0.780 bits per heavy atom. The van der Waals surface area contributed by atoms with Gasteiger partial charge in [-0.05, 0) is 6.92 Å². The quantitative estimate of drug-likeness (QED) is 0.250. The van der Waals surface area contributed by atoms with E-state index < -0.39 is 20.2 Å². The molecule has 7 heteroatoms. The third-order valence-electron chi connectivity index (χ3n) is 8.47. The monoisotopic (exact) mass is 594 g/mol.